The summed E-state index contributed by atoms with van der Waals surface area (Å²) in [4.78, 5) is 0. The van der Waals surface area contributed by atoms with Gasteiger partial charge in [0.05, 0.1) is 0 Å². The molecule has 0 heterocycles. The van der Waals surface area contributed by atoms with Crippen LogP contribution in [0.25, 0.3) is 0 Å². The fourth-order valence-electron chi connectivity index (χ4n) is 1.91. The Hall–Kier alpha value is -0.500. The summed E-state index contributed by atoms with van der Waals surface area (Å²) in [6, 6.07) is 0. The van der Waals surface area contributed by atoms with Gasteiger partial charge in [0.25, 0.3) is 0 Å². The van der Waals surface area contributed by atoms with Crippen molar-refractivity contribution in [1.29, 1.82) is 0 Å². The van der Waals surface area contributed by atoms with Gasteiger partial charge in [-0.1, -0.05) is 64.4 Å². The Kier molecular flexibility index (Phi) is 15.0. The van der Waals surface area contributed by atoms with Crippen LogP contribution in [0.3, 0.4) is 0 Å². The number of rotatable bonds is 13. The lowest BCUT2D eigenvalue weighted by molar-refractivity contribution is 0.566. The van der Waals surface area contributed by atoms with Crippen LogP contribution in [0.2, 0.25) is 0 Å². The molecule has 0 amide bonds. The van der Waals surface area contributed by atoms with E-state index >= 15 is 0 Å². The zero-order valence-corrected chi connectivity index (χ0v) is 11.7. The molecule has 0 rings (SSSR count). The monoisotopic (exact) mass is 240 g/mol. The first-order valence-electron chi connectivity index (χ1n) is 7.50. The summed E-state index contributed by atoms with van der Waals surface area (Å²) in [6.45, 7) is 3.87. The van der Waals surface area contributed by atoms with Crippen LogP contribution in [0.1, 0.15) is 71.1 Å². The molecule has 0 unspecified atom stereocenters. The second-order valence-corrected chi connectivity index (χ2v) is 4.76. The predicted octanol–water partition coefficient (Wildman–Crippen LogP) is 3.97. The molecular weight excluding hydrogens is 208 g/mol. The third-order valence-electron chi connectivity index (χ3n) is 3.00. The van der Waals surface area contributed by atoms with E-state index in [1.54, 1.807) is 0 Å². The number of hydrogen-bond donors (Lipinski definition) is 2. The largest absolute Gasteiger partial charge is 0.390 e. The van der Waals surface area contributed by atoms with Gasteiger partial charge < -0.3 is 11.1 Å². The van der Waals surface area contributed by atoms with Crippen LogP contribution >= 0.6 is 0 Å². The molecule has 102 valence electrons. The quantitative estimate of drug-likeness (QED) is 0.478. The minimum Gasteiger partial charge on any atom is -0.390 e. The van der Waals surface area contributed by atoms with E-state index in [1.165, 1.54) is 64.2 Å². The molecular formula is C15H32N2. The standard InChI is InChI=1S/C15H32N2/c1-2-3-4-5-6-7-8-9-10-11-12-14-17-15-13-16/h12,14,17H,2-11,13,15-16H2,1H3. The topological polar surface area (TPSA) is 38.0 Å². The van der Waals surface area contributed by atoms with Crippen LogP contribution in [-0.4, -0.2) is 13.1 Å². The van der Waals surface area contributed by atoms with Gasteiger partial charge in [0.1, 0.15) is 0 Å². The van der Waals surface area contributed by atoms with Gasteiger partial charge in [-0.15, -0.1) is 0 Å². The van der Waals surface area contributed by atoms with Crippen LogP contribution in [0.4, 0.5) is 0 Å². The van der Waals surface area contributed by atoms with Gasteiger partial charge in [-0.25, -0.2) is 0 Å². The summed E-state index contributed by atoms with van der Waals surface area (Å²) in [5, 5.41) is 3.16. The highest BCUT2D eigenvalue weighted by molar-refractivity contribution is 4.79. The second kappa shape index (κ2) is 15.5. The lowest BCUT2D eigenvalue weighted by atomic mass is 10.1. The van der Waals surface area contributed by atoms with Crippen LogP contribution in [0.5, 0.6) is 0 Å². The molecule has 3 N–H and O–H groups in total. The van der Waals surface area contributed by atoms with Gasteiger partial charge in [-0.2, -0.15) is 0 Å². The molecule has 0 bridgehead atoms. The van der Waals surface area contributed by atoms with Crippen molar-refractivity contribution in [3.8, 4) is 0 Å². The number of hydrogen-bond acceptors (Lipinski definition) is 2. The second-order valence-electron chi connectivity index (χ2n) is 4.76. The lowest BCUT2D eigenvalue weighted by Crippen LogP contribution is -2.16. The molecule has 0 aromatic heterocycles. The van der Waals surface area contributed by atoms with Gasteiger partial charge in [0, 0.05) is 13.1 Å². The van der Waals surface area contributed by atoms with Crippen molar-refractivity contribution >= 4 is 0 Å². The Balaban J connectivity index is 2.96. The number of nitrogens with two attached hydrogens (primary N) is 1. The average Bonchev–Trinajstić information content (AvgIpc) is 2.35. The molecule has 2 heteroatoms. The normalized spacial score (nSPS) is 11.2. The maximum Gasteiger partial charge on any atom is 0.0264 e. The van der Waals surface area contributed by atoms with Crippen molar-refractivity contribution < 1.29 is 0 Å². The molecule has 0 saturated heterocycles. The summed E-state index contributed by atoms with van der Waals surface area (Å²) in [5.74, 6) is 0. The number of unbranched alkanes of at least 4 members (excludes halogenated alkanes) is 9. The van der Waals surface area contributed by atoms with Gasteiger partial charge in [-0.05, 0) is 19.0 Å². The Morgan fingerprint density at radius 3 is 2.06 bits per heavy atom. The first-order valence-corrected chi connectivity index (χ1v) is 7.50. The van der Waals surface area contributed by atoms with E-state index in [-0.39, 0.29) is 0 Å². The first-order chi connectivity index (χ1) is 8.41. The fraction of sp³-hybridized carbons (Fsp3) is 0.867. The number of nitrogens with one attached hydrogen (secondary N) is 1. The fourth-order valence-corrected chi connectivity index (χ4v) is 1.91. The minimum absolute atomic E-state index is 0.711. The molecule has 0 saturated carbocycles. The SMILES string of the molecule is CCCCCCCCCCCC=CNCCN. The smallest absolute Gasteiger partial charge is 0.0264 e. The van der Waals surface area contributed by atoms with E-state index < -0.39 is 0 Å². The maximum absolute atomic E-state index is 5.37. The predicted molar refractivity (Wildman–Crippen MR) is 78.0 cm³/mol. The van der Waals surface area contributed by atoms with Gasteiger partial charge in [-0.3, -0.25) is 0 Å². The van der Waals surface area contributed by atoms with E-state index in [4.69, 9.17) is 5.73 Å². The summed E-state index contributed by atoms with van der Waals surface area (Å²) in [6.07, 6.45) is 18.1. The van der Waals surface area contributed by atoms with E-state index in [2.05, 4.69) is 18.3 Å². The molecule has 0 spiro atoms. The summed E-state index contributed by atoms with van der Waals surface area (Å²) in [7, 11) is 0. The van der Waals surface area contributed by atoms with Crippen LogP contribution < -0.4 is 11.1 Å². The van der Waals surface area contributed by atoms with E-state index in [0.29, 0.717) is 6.54 Å². The highest BCUT2D eigenvalue weighted by Gasteiger charge is 1.90. The van der Waals surface area contributed by atoms with Crippen molar-refractivity contribution in [2.75, 3.05) is 13.1 Å². The molecule has 0 atom stereocenters. The van der Waals surface area contributed by atoms with E-state index in [1.807, 2.05) is 6.20 Å². The lowest BCUT2D eigenvalue weighted by Gasteiger charge is -2.00. The molecule has 0 aromatic rings. The highest BCUT2D eigenvalue weighted by atomic mass is 14.8. The van der Waals surface area contributed by atoms with E-state index in [9.17, 15) is 0 Å². The average molecular weight is 240 g/mol. The van der Waals surface area contributed by atoms with Gasteiger partial charge in [0.2, 0.25) is 0 Å². The Bertz CT molecular complexity index is 155. The van der Waals surface area contributed by atoms with Crippen molar-refractivity contribution in [3.05, 3.63) is 12.3 Å². The molecule has 0 aromatic carbocycles. The summed E-state index contributed by atoms with van der Waals surface area (Å²) < 4.78 is 0. The third kappa shape index (κ3) is 15.5. The molecule has 17 heavy (non-hydrogen) atoms. The van der Waals surface area contributed by atoms with Gasteiger partial charge in [0.15, 0.2) is 0 Å². The molecule has 0 aliphatic rings. The third-order valence-corrected chi connectivity index (χ3v) is 3.00. The van der Waals surface area contributed by atoms with Gasteiger partial charge >= 0.3 is 0 Å². The van der Waals surface area contributed by atoms with Crippen LogP contribution in [0.15, 0.2) is 12.3 Å². The summed E-state index contributed by atoms with van der Waals surface area (Å²) >= 11 is 0. The Labute approximate surface area is 108 Å². The zero-order chi connectivity index (χ0) is 12.6. The van der Waals surface area contributed by atoms with E-state index in [0.717, 1.165) is 6.54 Å². The highest BCUT2D eigenvalue weighted by Crippen LogP contribution is 2.10. The van der Waals surface area contributed by atoms with Crippen molar-refractivity contribution in [2.24, 2.45) is 5.73 Å². The van der Waals surface area contributed by atoms with Crippen molar-refractivity contribution in [1.82, 2.24) is 5.32 Å². The first kappa shape index (κ1) is 16.5. The molecule has 0 fully saturated rings. The van der Waals surface area contributed by atoms with Crippen molar-refractivity contribution in [3.63, 3.8) is 0 Å². The van der Waals surface area contributed by atoms with Crippen LogP contribution in [0, 0.1) is 0 Å². The maximum atomic E-state index is 5.37. The Morgan fingerprint density at radius 2 is 1.47 bits per heavy atom. The molecule has 0 aliphatic heterocycles. The van der Waals surface area contributed by atoms with Crippen LogP contribution in [-0.2, 0) is 0 Å². The van der Waals surface area contributed by atoms with Crippen molar-refractivity contribution in [2.45, 2.75) is 71.1 Å². The molecule has 2 nitrogen and oxygen atoms in total. The minimum atomic E-state index is 0.711. The summed E-state index contributed by atoms with van der Waals surface area (Å²) in [5.41, 5.74) is 5.37. The molecule has 0 radical (unpaired) electrons. The number of allylic oxidation sites excluding steroid dienone is 1. The Morgan fingerprint density at radius 1 is 0.882 bits per heavy atom. The zero-order valence-electron chi connectivity index (χ0n) is 11.7. The molecule has 0 aliphatic carbocycles.